The molecule has 26 heavy (non-hydrogen) atoms. The predicted molar refractivity (Wildman–Crippen MR) is 95.6 cm³/mol. The number of nitrogens with zero attached hydrogens (tertiary/aromatic N) is 3. The summed E-state index contributed by atoms with van der Waals surface area (Å²) in [5.41, 5.74) is 0.00242. The van der Waals surface area contributed by atoms with E-state index in [2.05, 4.69) is 0 Å². The molecule has 7 heteroatoms. The molecule has 2 amide bonds. The maximum atomic E-state index is 12.5. The first kappa shape index (κ1) is 19.6. The van der Waals surface area contributed by atoms with Gasteiger partial charge in [0.25, 0.3) is 5.91 Å². The van der Waals surface area contributed by atoms with Crippen LogP contribution in [0.1, 0.15) is 33.3 Å². The lowest BCUT2D eigenvalue weighted by molar-refractivity contribution is -0.139. The molecule has 1 heterocycles. The van der Waals surface area contributed by atoms with Crippen LogP contribution in [-0.2, 0) is 9.53 Å². The summed E-state index contributed by atoms with van der Waals surface area (Å²) >= 11 is 0. The molecule has 0 radical (unpaired) electrons. The Balaban J connectivity index is 1.85. The molecule has 1 unspecified atom stereocenters. The van der Waals surface area contributed by atoms with Crippen LogP contribution in [0.2, 0.25) is 0 Å². The van der Waals surface area contributed by atoms with Crippen LogP contribution in [0.3, 0.4) is 0 Å². The zero-order valence-corrected chi connectivity index (χ0v) is 15.7. The minimum Gasteiger partial charge on any atom is -0.481 e. The largest absolute Gasteiger partial charge is 0.481 e. The molecule has 0 spiro atoms. The molecule has 140 valence electrons. The second-order valence-electron chi connectivity index (χ2n) is 7.19. The second kappa shape index (κ2) is 8.09. The average molecular weight is 359 g/mol. The quantitative estimate of drug-likeness (QED) is 0.827. The highest BCUT2D eigenvalue weighted by Gasteiger charge is 2.30. The van der Waals surface area contributed by atoms with Crippen LogP contribution in [0, 0.1) is 11.3 Å². The normalized spacial score (nSPS) is 15.8. The molecule has 1 aliphatic rings. The maximum Gasteiger partial charge on any atom is 0.410 e. The molecule has 1 fully saturated rings. The van der Waals surface area contributed by atoms with E-state index < -0.39 is 11.7 Å². The van der Waals surface area contributed by atoms with Gasteiger partial charge in [-0.05, 0) is 52.0 Å². The van der Waals surface area contributed by atoms with Gasteiger partial charge in [0.2, 0.25) is 0 Å². The number of carbonyl (C=O) groups is 2. The topological polar surface area (TPSA) is 82.9 Å². The van der Waals surface area contributed by atoms with Gasteiger partial charge in [-0.25, -0.2) is 4.79 Å². The average Bonchev–Trinajstić information content (AvgIpc) is 2.60. The molecule has 2 rings (SSSR count). The molecule has 1 atom stereocenters. The Morgan fingerprint density at radius 2 is 1.62 bits per heavy atom. The van der Waals surface area contributed by atoms with E-state index in [4.69, 9.17) is 14.7 Å². The molecule has 1 aromatic carbocycles. The number of hydrogen-bond donors (Lipinski definition) is 0. The summed E-state index contributed by atoms with van der Waals surface area (Å²) in [6.07, 6.45) is -0.998. The number of ether oxygens (including phenoxy) is 2. The van der Waals surface area contributed by atoms with Gasteiger partial charge < -0.3 is 19.3 Å². The van der Waals surface area contributed by atoms with Gasteiger partial charge in [0.1, 0.15) is 11.4 Å². The number of nitriles is 1. The van der Waals surface area contributed by atoms with Crippen molar-refractivity contribution >= 4 is 12.0 Å². The number of piperazine rings is 1. The van der Waals surface area contributed by atoms with E-state index in [9.17, 15) is 9.59 Å². The summed E-state index contributed by atoms with van der Waals surface area (Å²) in [6.45, 7) is 8.93. The third kappa shape index (κ3) is 5.38. The summed E-state index contributed by atoms with van der Waals surface area (Å²) in [6, 6.07) is 8.66. The van der Waals surface area contributed by atoms with Crippen LogP contribution in [0.15, 0.2) is 24.3 Å². The highest BCUT2D eigenvalue weighted by atomic mass is 16.6. The fraction of sp³-hybridized carbons (Fsp3) is 0.526. The molecular weight excluding hydrogens is 334 g/mol. The first-order valence-electron chi connectivity index (χ1n) is 8.63. The molecule has 0 aliphatic carbocycles. The van der Waals surface area contributed by atoms with Crippen molar-refractivity contribution in [1.82, 2.24) is 9.80 Å². The summed E-state index contributed by atoms with van der Waals surface area (Å²) in [5.74, 6) is 0.412. The number of hydrogen-bond acceptors (Lipinski definition) is 5. The Morgan fingerprint density at radius 3 is 2.12 bits per heavy atom. The fourth-order valence-corrected chi connectivity index (χ4v) is 2.56. The van der Waals surface area contributed by atoms with Crippen molar-refractivity contribution in [2.24, 2.45) is 0 Å². The van der Waals surface area contributed by atoms with Gasteiger partial charge in [0.15, 0.2) is 6.10 Å². The molecule has 1 aromatic rings. The molecule has 0 N–H and O–H groups in total. The van der Waals surface area contributed by atoms with Gasteiger partial charge in [0.05, 0.1) is 11.6 Å². The highest BCUT2D eigenvalue weighted by molar-refractivity contribution is 5.81. The van der Waals surface area contributed by atoms with Crippen molar-refractivity contribution in [3.05, 3.63) is 29.8 Å². The van der Waals surface area contributed by atoms with E-state index >= 15 is 0 Å². The zero-order chi connectivity index (χ0) is 19.3. The SMILES string of the molecule is CC(Oc1ccc(C#N)cc1)C(=O)N1CCN(C(=O)OC(C)(C)C)CC1. The van der Waals surface area contributed by atoms with E-state index in [-0.39, 0.29) is 12.0 Å². The van der Waals surface area contributed by atoms with Crippen molar-refractivity contribution in [2.75, 3.05) is 26.2 Å². The van der Waals surface area contributed by atoms with Gasteiger partial charge in [-0.3, -0.25) is 4.79 Å². The molecular formula is C19H25N3O4. The monoisotopic (exact) mass is 359 g/mol. The lowest BCUT2D eigenvalue weighted by Gasteiger charge is -2.36. The number of carbonyl (C=O) groups excluding carboxylic acids is 2. The van der Waals surface area contributed by atoms with Crippen LogP contribution in [0.4, 0.5) is 4.79 Å². The Hall–Kier alpha value is -2.75. The van der Waals surface area contributed by atoms with E-state index in [0.29, 0.717) is 37.5 Å². The minimum absolute atomic E-state index is 0.127. The third-order valence-electron chi connectivity index (χ3n) is 3.89. The summed E-state index contributed by atoms with van der Waals surface area (Å²) in [5, 5.41) is 8.80. The van der Waals surface area contributed by atoms with Crippen molar-refractivity contribution < 1.29 is 19.1 Å². The summed E-state index contributed by atoms with van der Waals surface area (Å²) < 4.78 is 11.0. The maximum absolute atomic E-state index is 12.5. The molecule has 0 aromatic heterocycles. The van der Waals surface area contributed by atoms with E-state index in [0.717, 1.165) is 0 Å². The summed E-state index contributed by atoms with van der Waals surface area (Å²) in [7, 11) is 0. The first-order valence-corrected chi connectivity index (χ1v) is 8.63. The fourth-order valence-electron chi connectivity index (χ4n) is 2.56. The van der Waals surface area contributed by atoms with Gasteiger partial charge in [-0.1, -0.05) is 0 Å². The highest BCUT2D eigenvalue weighted by Crippen LogP contribution is 2.16. The van der Waals surface area contributed by atoms with Gasteiger partial charge in [-0.2, -0.15) is 5.26 Å². The number of rotatable bonds is 3. The van der Waals surface area contributed by atoms with Crippen molar-refractivity contribution in [2.45, 2.75) is 39.4 Å². The van der Waals surface area contributed by atoms with Gasteiger partial charge >= 0.3 is 6.09 Å². The lowest BCUT2D eigenvalue weighted by Crippen LogP contribution is -2.54. The minimum atomic E-state index is -0.643. The van der Waals surface area contributed by atoms with Crippen LogP contribution >= 0.6 is 0 Å². The number of benzene rings is 1. The Morgan fingerprint density at radius 1 is 1.08 bits per heavy atom. The van der Waals surface area contributed by atoms with Gasteiger partial charge in [-0.15, -0.1) is 0 Å². The van der Waals surface area contributed by atoms with Gasteiger partial charge in [0, 0.05) is 26.2 Å². The molecule has 0 bridgehead atoms. The number of amides is 2. The van der Waals surface area contributed by atoms with Crippen LogP contribution < -0.4 is 4.74 Å². The smallest absolute Gasteiger partial charge is 0.410 e. The molecule has 1 saturated heterocycles. The molecule has 7 nitrogen and oxygen atoms in total. The predicted octanol–water partition coefficient (Wildman–Crippen LogP) is 2.40. The van der Waals surface area contributed by atoms with E-state index in [1.165, 1.54) is 0 Å². The lowest BCUT2D eigenvalue weighted by atomic mass is 10.2. The van der Waals surface area contributed by atoms with Crippen LogP contribution in [0.25, 0.3) is 0 Å². The van der Waals surface area contributed by atoms with Crippen LogP contribution in [0.5, 0.6) is 5.75 Å². The van der Waals surface area contributed by atoms with Crippen molar-refractivity contribution in [3.63, 3.8) is 0 Å². The Labute approximate surface area is 154 Å². The standard InChI is InChI=1S/C19H25N3O4/c1-14(25-16-7-5-15(13-20)6-8-16)17(23)21-9-11-22(12-10-21)18(24)26-19(2,3)4/h5-8,14H,9-12H2,1-4H3. The van der Waals surface area contributed by atoms with E-state index in [1.807, 2.05) is 26.8 Å². The Bertz CT molecular complexity index is 680. The third-order valence-corrected chi connectivity index (χ3v) is 3.89. The van der Waals surface area contributed by atoms with Crippen molar-refractivity contribution in [3.8, 4) is 11.8 Å². The molecule has 1 aliphatic heterocycles. The van der Waals surface area contributed by atoms with Crippen molar-refractivity contribution in [1.29, 1.82) is 5.26 Å². The first-order chi connectivity index (χ1) is 12.2. The van der Waals surface area contributed by atoms with Crippen LogP contribution in [-0.4, -0.2) is 59.7 Å². The zero-order valence-electron chi connectivity index (χ0n) is 15.7. The Kier molecular flexibility index (Phi) is 6.09. The van der Waals surface area contributed by atoms with E-state index in [1.54, 1.807) is 41.0 Å². The molecule has 0 saturated carbocycles. The second-order valence-corrected chi connectivity index (χ2v) is 7.19. The summed E-state index contributed by atoms with van der Waals surface area (Å²) in [4.78, 5) is 27.9.